The van der Waals surface area contributed by atoms with Gasteiger partial charge in [0, 0.05) is 39.3 Å². The van der Waals surface area contributed by atoms with Crippen LogP contribution in [0.4, 0.5) is 0 Å². The van der Waals surface area contributed by atoms with Gasteiger partial charge in [0.1, 0.15) is 0 Å². The van der Waals surface area contributed by atoms with Crippen molar-refractivity contribution in [2.45, 2.75) is 20.4 Å². The molecule has 0 saturated heterocycles. The predicted molar refractivity (Wildman–Crippen MR) is 108 cm³/mol. The summed E-state index contributed by atoms with van der Waals surface area (Å²) >= 11 is 6.00. The highest BCUT2D eigenvalue weighted by atomic mass is 127. The number of guanidine groups is 1. The van der Waals surface area contributed by atoms with E-state index >= 15 is 0 Å². The fraction of sp³-hybridized carbons (Fsp3) is 0.500. The molecule has 0 saturated carbocycles. The van der Waals surface area contributed by atoms with Crippen molar-refractivity contribution in [3.8, 4) is 0 Å². The summed E-state index contributed by atoms with van der Waals surface area (Å²) in [5, 5.41) is 6.63. The smallest absolute Gasteiger partial charge is 0.227 e. The number of halogens is 2. The van der Waals surface area contributed by atoms with Gasteiger partial charge in [-0.25, -0.2) is 0 Å². The third-order valence-corrected chi connectivity index (χ3v) is 3.65. The highest BCUT2D eigenvalue weighted by molar-refractivity contribution is 14.0. The molecule has 1 aromatic rings. The number of hydrogen-bond acceptors (Lipinski definition) is 2. The molecule has 0 aliphatic heterocycles. The van der Waals surface area contributed by atoms with Crippen LogP contribution in [0.5, 0.6) is 0 Å². The van der Waals surface area contributed by atoms with Crippen LogP contribution in [-0.2, 0) is 11.3 Å². The first-order valence-corrected chi connectivity index (χ1v) is 7.56. The van der Waals surface area contributed by atoms with Crippen LogP contribution in [0.2, 0.25) is 5.02 Å². The normalized spacial score (nSPS) is 11.5. The monoisotopic (exact) mass is 452 g/mol. The van der Waals surface area contributed by atoms with Crippen molar-refractivity contribution >= 4 is 47.4 Å². The Morgan fingerprint density at radius 3 is 2.57 bits per heavy atom. The minimum Gasteiger partial charge on any atom is -0.359 e. The molecule has 0 radical (unpaired) electrons. The first-order valence-electron chi connectivity index (χ1n) is 7.18. The predicted octanol–water partition coefficient (Wildman–Crippen LogP) is 2.74. The lowest BCUT2D eigenvalue weighted by atomic mass is 9.92. The third-order valence-electron chi connectivity index (χ3n) is 3.41. The zero-order valence-electron chi connectivity index (χ0n) is 14.3. The van der Waals surface area contributed by atoms with Gasteiger partial charge in [0.2, 0.25) is 5.91 Å². The molecule has 0 fully saturated rings. The van der Waals surface area contributed by atoms with Crippen LogP contribution in [0.3, 0.4) is 0 Å². The lowest BCUT2D eigenvalue weighted by Crippen LogP contribution is -2.47. The van der Waals surface area contributed by atoms with Crippen LogP contribution in [0.25, 0.3) is 0 Å². The molecule has 0 spiro atoms. The van der Waals surface area contributed by atoms with Crippen molar-refractivity contribution in [3.05, 3.63) is 34.9 Å². The van der Waals surface area contributed by atoms with E-state index in [9.17, 15) is 4.79 Å². The Kier molecular flexibility index (Phi) is 9.53. The van der Waals surface area contributed by atoms with Gasteiger partial charge in [-0.15, -0.1) is 24.0 Å². The number of nitrogens with one attached hydrogen (secondary N) is 2. The Bertz CT molecular complexity index is 549. The Hall–Kier alpha value is -1.02. The molecule has 0 bridgehead atoms. The molecule has 1 amide bonds. The summed E-state index contributed by atoms with van der Waals surface area (Å²) in [5.74, 6) is 0.727. The van der Waals surface area contributed by atoms with Gasteiger partial charge in [0.25, 0.3) is 0 Å². The van der Waals surface area contributed by atoms with E-state index in [4.69, 9.17) is 11.6 Å². The molecular weight excluding hydrogens is 427 g/mol. The molecule has 7 heteroatoms. The van der Waals surface area contributed by atoms with E-state index in [2.05, 4.69) is 15.6 Å². The number of carbonyl (C=O) groups is 1. The highest BCUT2D eigenvalue weighted by Gasteiger charge is 2.27. The first-order chi connectivity index (χ1) is 10.3. The molecule has 0 aliphatic carbocycles. The zero-order chi connectivity index (χ0) is 16.8. The van der Waals surface area contributed by atoms with E-state index < -0.39 is 5.41 Å². The largest absolute Gasteiger partial charge is 0.359 e. The Morgan fingerprint density at radius 1 is 1.39 bits per heavy atom. The van der Waals surface area contributed by atoms with Crippen LogP contribution in [-0.4, -0.2) is 44.5 Å². The molecule has 0 unspecified atom stereocenters. The van der Waals surface area contributed by atoms with Crippen LogP contribution >= 0.6 is 35.6 Å². The summed E-state index contributed by atoms with van der Waals surface area (Å²) in [4.78, 5) is 18.1. The molecule has 1 rings (SSSR count). The quantitative estimate of drug-likeness (QED) is 0.410. The Labute approximate surface area is 160 Å². The van der Waals surface area contributed by atoms with Gasteiger partial charge in [-0.1, -0.05) is 23.7 Å². The van der Waals surface area contributed by atoms with Crippen LogP contribution < -0.4 is 10.6 Å². The van der Waals surface area contributed by atoms with Gasteiger partial charge in [0.05, 0.1) is 5.41 Å². The number of aliphatic imine (C=N–C) groups is 1. The topological polar surface area (TPSA) is 56.7 Å². The third kappa shape index (κ3) is 6.95. The summed E-state index contributed by atoms with van der Waals surface area (Å²) in [5.41, 5.74) is 0.588. The number of amides is 1. The average Bonchev–Trinajstić information content (AvgIpc) is 2.46. The summed E-state index contributed by atoms with van der Waals surface area (Å²) in [6.45, 7) is 4.96. The summed E-state index contributed by atoms with van der Waals surface area (Å²) in [6.07, 6.45) is 0. The Balaban J connectivity index is 0.00000484. The summed E-state index contributed by atoms with van der Waals surface area (Å²) in [6, 6.07) is 7.73. The number of benzene rings is 1. The van der Waals surface area contributed by atoms with Gasteiger partial charge in [-0.05, 0) is 31.5 Å². The van der Waals surface area contributed by atoms with Crippen molar-refractivity contribution in [1.29, 1.82) is 0 Å². The second-order valence-corrected chi connectivity index (χ2v) is 6.29. The van der Waals surface area contributed by atoms with E-state index in [1.807, 2.05) is 50.1 Å². The molecular formula is C16H26ClIN4O. The van der Waals surface area contributed by atoms with Gasteiger partial charge in [-0.2, -0.15) is 0 Å². The van der Waals surface area contributed by atoms with E-state index in [1.165, 1.54) is 0 Å². The van der Waals surface area contributed by atoms with Crippen LogP contribution in [0, 0.1) is 5.41 Å². The van der Waals surface area contributed by atoms with Gasteiger partial charge >= 0.3 is 0 Å². The lowest BCUT2D eigenvalue weighted by Gasteiger charge is -2.27. The lowest BCUT2D eigenvalue weighted by molar-refractivity contribution is -0.128. The maximum atomic E-state index is 11.8. The van der Waals surface area contributed by atoms with E-state index in [-0.39, 0.29) is 29.9 Å². The van der Waals surface area contributed by atoms with Crippen molar-refractivity contribution in [1.82, 2.24) is 15.5 Å². The molecule has 0 aromatic heterocycles. The molecule has 0 atom stereocenters. The molecule has 0 heterocycles. The van der Waals surface area contributed by atoms with Crippen LogP contribution in [0.1, 0.15) is 19.4 Å². The Morgan fingerprint density at radius 2 is 2.04 bits per heavy atom. The fourth-order valence-electron chi connectivity index (χ4n) is 2.09. The molecule has 2 N–H and O–H groups in total. The molecule has 1 aromatic carbocycles. The summed E-state index contributed by atoms with van der Waals surface area (Å²) in [7, 11) is 5.32. The molecule has 130 valence electrons. The molecule has 23 heavy (non-hydrogen) atoms. The second kappa shape index (κ2) is 9.97. The number of carbonyl (C=O) groups excluding carboxylic acids is 1. The van der Waals surface area contributed by atoms with Gasteiger partial charge in [0.15, 0.2) is 5.96 Å². The molecule has 0 aliphatic rings. The van der Waals surface area contributed by atoms with Crippen molar-refractivity contribution in [2.24, 2.45) is 10.4 Å². The summed E-state index contributed by atoms with van der Waals surface area (Å²) < 4.78 is 0. The number of rotatable bonds is 5. The standard InChI is InChI=1S/C16H25ClN4O.HI/c1-16(2,14(22)18-3)11-20-15(19-4)21(5)10-12-7-6-8-13(17)9-12;/h6-9H,10-11H2,1-5H3,(H,18,22)(H,19,20);1H. The average molecular weight is 453 g/mol. The van der Waals surface area contributed by atoms with Gasteiger partial charge in [-0.3, -0.25) is 9.79 Å². The maximum Gasteiger partial charge on any atom is 0.227 e. The first kappa shape index (κ1) is 22.0. The molecule has 5 nitrogen and oxygen atoms in total. The van der Waals surface area contributed by atoms with Crippen molar-refractivity contribution < 1.29 is 4.79 Å². The van der Waals surface area contributed by atoms with Crippen LogP contribution in [0.15, 0.2) is 29.3 Å². The maximum absolute atomic E-state index is 11.8. The highest BCUT2D eigenvalue weighted by Crippen LogP contribution is 2.14. The zero-order valence-corrected chi connectivity index (χ0v) is 17.4. The number of nitrogens with zero attached hydrogens (tertiary/aromatic N) is 2. The minimum absolute atomic E-state index is 0. The van der Waals surface area contributed by atoms with Crippen molar-refractivity contribution in [2.75, 3.05) is 27.7 Å². The minimum atomic E-state index is -0.512. The SMILES string of the molecule is CN=C(NCC(C)(C)C(=O)NC)N(C)Cc1cccc(Cl)c1.I. The van der Waals surface area contributed by atoms with E-state index in [0.717, 1.165) is 16.5 Å². The number of hydrogen-bond donors (Lipinski definition) is 2. The van der Waals surface area contributed by atoms with Crippen molar-refractivity contribution in [3.63, 3.8) is 0 Å². The second-order valence-electron chi connectivity index (χ2n) is 5.85. The van der Waals surface area contributed by atoms with E-state index in [1.54, 1.807) is 14.1 Å². The fourth-order valence-corrected chi connectivity index (χ4v) is 2.30. The van der Waals surface area contributed by atoms with E-state index in [0.29, 0.717) is 13.1 Å². The van der Waals surface area contributed by atoms with Gasteiger partial charge < -0.3 is 15.5 Å².